The van der Waals surface area contributed by atoms with Gasteiger partial charge in [0, 0.05) is 4.88 Å². The quantitative estimate of drug-likeness (QED) is 0.351. The molecule has 0 spiro atoms. The summed E-state index contributed by atoms with van der Waals surface area (Å²) in [5, 5.41) is 12.5. The number of nitrogens with zero attached hydrogens (tertiary/aromatic N) is 5. The average Bonchev–Trinajstić information content (AvgIpc) is 3.50. The van der Waals surface area contributed by atoms with Gasteiger partial charge < -0.3 is 14.5 Å². The van der Waals surface area contributed by atoms with Crippen LogP contribution in [0.3, 0.4) is 0 Å². The van der Waals surface area contributed by atoms with Crippen LogP contribution in [0, 0.1) is 0 Å². The molecule has 166 valence electrons. The van der Waals surface area contributed by atoms with E-state index in [1.54, 1.807) is 18.9 Å². The van der Waals surface area contributed by atoms with Gasteiger partial charge in [0.15, 0.2) is 0 Å². The number of para-hydroxylation sites is 2. The third-order valence-corrected chi connectivity index (χ3v) is 7.00. The zero-order valence-corrected chi connectivity index (χ0v) is 19.3. The number of thiophene rings is 1. The minimum absolute atomic E-state index is 0.162. The van der Waals surface area contributed by atoms with E-state index in [1.807, 2.05) is 54.6 Å². The number of aromatic nitrogens is 6. The molecule has 3 heterocycles. The maximum atomic E-state index is 12.7. The van der Waals surface area contributed by atoms with E-state index in [-0.39, 0.29) is 5.56 Å². The van der Waals surface area contributed by atoms with Crippen LogP contribution >= 0.6 is 23.1 Å². The highest BCUT2D eigenvalue weighted by Crippen LogP contribution is 2.32. The number of benzene rings is 2. The molecule has 0 fully saturated rings. The van der Waals surface area contributed by atoms with Gasteiger partial charge in [0.25, 0.3) is 5.56 Å². The molecule has 0 bridgehead atoms. The normalized spacial score (nSPS) is 11.1. The Hall–Kier alpha value is -3.70. The Kier molecular flexibility index (Phi) is 5.80. The molecule has 9 nitrogen and oxygen atoms in total. The van der Waals surface area contributed by atoms with E-state index in [9.17, 15) is 4.79 Å². The summed E-state index contributed by atoms with van der Waals surface area (Å²) in [6.45, 7) is 0. The van der Waals surface area contributed by atoms with Gasteiger partial charge in [-0.3, -0.25) is 4.79 Å². The van der Waals surface area contributed by atoms with Crippen LogP contribution in [-0.2, 0) is 5.75 Å². The van der Waals surface area contributed by atoms with Crippen molar-refractivity contribution in [1.82, 2.24) is 30.2 Å². The summed E-state index contributed by atoms with van der Waals surface area (Å²) in [6, 6.07) is 17.1. The molecular weight excluding hydrogens is 460 g/mol. The van der Waals surface area contributed by atoms with Gasteiger partial charge in [-0.05, 0) is 58.5 Å². The van der Waals surface area contributed by atoms with E-state index in [0.29, 0.717) is 32.7 Å². The van der Waals surface area contributed by atoms with Crippen LogP contribution in [0.15, 0.2) is 64.5 Å². The minimum Gasteiger partial charge on any atom is -0.497 e. The third-order valence-electron chi connectivity index (χ3n) is 4.90. The Balaban J connectivity index is 1.41. The fourth-order valence-corrected chi connectivity index (χ4v) is 5.06. The fraction of sp³-hybridized carbons (Fsp3) is 0.136. The lowest BCUT2D eigenvalue weighted by Crippen LogP contribution is -2.09. The highest BCUT2D eigenvalue weighted by Gasteiger charge is 2.15. The lowest BCUT2D eigenvalue weighted by molar-refractivity contribution is 0.410. The monoisotopic (exact) mass is 478 g/mol. The molecule has 0 saturated carbocycles. The summed E-state index contributed by atoms with van der Waals surface area (Å²) in [5.74, 6) is 2.38. The standard InChI is InChI=1S/C22H18N6O3S2/c1-30-14-9-7-13(8-10-14)18-11-15-20(33-18)21(29)24-19(23-15)12-32-22-25-26-27-28(22)16-5-3-4-6-17(16)31-2/h3-11H,12H2,1-2H3,(H,23,24,29). The summed E-state index contributed by atoms with van der Waals surface area (Å²) in [4.78, 5) is 21.2. The van der Waals surface area contributed by atoms with Crippen molar-refractivity contribution in [2.75, 3.05) is 14.2 Å². The molecule has 0 radical (unpaired) electrons. The van der Waals surface area contributed by atoms with Crippen molar-refractivity contribution in [3.8, 4) is 27.6 Å². The Bertz CT molecular complexity index is 1480. The van der Waals surface area contributed by atoms with Gasteiger partial charge in [-0.15, -0.1) is 16.4 Å². The number of thioether (sulfide) groups is 1. The molecule has 0 aliphatic carbocycles. The molecule has 0 aliphatic rings. The summed E-state index contributed by atoms with van der Waals surface area (Å²) < 4.78 is 12.8. The molecule has 2 aromatic carbocycles. The first-order valence-corrected chi connectivity index (χ1v) is 11.7. The Morgan fingerprint density at radius 3 is 2.70 bits per heavy atom. The maximum absolute atomic E-state index is 12.7. The second-order valence-corrected chi connectivity index (χ2v) is 8.89. The van der Waals surface area contributed by atoms with E-state index >= 15 is 0 Å². The van der Waals surface area contributed by atoms with Gasteiger partial charge in [0.1, 0.15) is 27.7 Å². The third kappa shape index (κ3) is 4.20. The molecule has 0 unspecified atom stereocenters. The molecule has 0 saturated heterocycles. The predicted molar refractivity (Wildman–Crippen MR) is 127 cm³/mol. The SMILES string of the molecule is COc1ccc(-c2cc3nc(CSc4nnnn4-c4ccccc4OC)[nH]c(=O)c3s2)cc1. The van der Waals surface area contributed by atoms with Gasteiger partial charge in [0.2, 0.25) is 5.16 Å². The topological polar surface area (TPSA) is 108 Å². The van der Waals surface area contributed by atoms with Crippen molar-refractivity contribution in [3.05, 3.63) is 70.8 Å². The molecule has 3 aromatic heterocycles. The number of ether oxygens (including phenoxy) is 2. The highest BCUT2D eigenvalue weighted by atomic mass is 32.2. The minimum atomic E-state index is -0.162. The average molecular weight is 479 g/mol. The summed E-state index contributed by atoms with van der Waals surface area (Å²) in [6.07, 6.45) is 0. The van der Waals surface area contributed by atoms with Crippen LogP contribution in [0.25, 0.3) is 26.3 Å². The molecule has 5 aromatic rings. The van der Waals surface area contributed by atoms with Crippen LogP contribution in [0.4, 0.5) is 0 Å². The van der Waals surface area contributed by atoms with E-state index < -0.39 is 0 Å². The number of fused-ring (bicyclic) bond motifs is 1. The van der Waals surface area contributed by atoms with Crippen molar-refractivity contribution in [2.45, 2.75) is 10.9 Å². The lowest BCUT2D eigenvalue weighted by atomic mass is 10.2. The second kappa shape index (κ2) is 9.04. The predicted octanol–water partition coefficient (Wildman–Crippen LogP) is 3.94. The van der Waals surface area contributed by atoms with Gasteiger partial charge >= 0.3 is 0 Å². The number of tetrazole rings is 1. The highest BCUT2D eigenvalue weighted by molar-refractivity contribution is 7.98. The second-order valence-electron chi connectivity index (χ2n) is 6.90. The van der Waals surface area contributed by atoms with Crippen LogP contribution in [0.2, 0.25) is 0 Å². The summed E-state index contributed by atoms with van der Waals surface area (Å²) in [5.41, 5.74) is 2.23. The molecule has 5 rings (SSSR count). The van der Waals surface area contributed by atoms with Gasteiger partial charge in [-0.1, -0.05) is 23.9 Å². The van der Waals surface area contributed by atoms with Crippen molar-refractivity contribution >= 4 is 33.3 Å². The molecular formula is C22H18N6O3S2. The lowest BCUT2D eigenvalue weighted by Gasteiger charge is -2.08. The van der Waals surface area contributed by atoms with E-state index in [4.69, 9.17) is 9.47 Å². The largest absolute Gasteiger partial charge is 0.497 e. The van der Waals surface area contributed by atoms with E-state index in [0.717, 1.165) is 21.9 Å². The smallest absolute Gasteiger partial charge is 0.268 e. The van der Waals surface area contributed by atoms with Crippen LogP contribution in [0.5, 0.6) is 11.5 Å². The van der Waals surface area contributed by atoms with Gasteiger partial charge in [-0.2, -0.15) is 4.68 Å². The Morgan fingerprint density at radius 2 is 1.91 bits per heavy atom. The van der Waals surface area contributed by atoms with Crippen molar-refractivity contribution in [3.63, 3.8) is 0 Å². The van der Waals surface area contributed by atoms with Gasteiger partial charge in [-0.25, -0.2) is 4.98 Å². The Labute approximate surface area is 196 Å². The van der Waals surface area contributed by atoms with E-state index in [2.05, 4.69) is 25.5 Å². The summed E-state index contributed by atoms with van der Waals surface area (Å²) in [7, 11) is 3.23. The zero-order valence-electron chi connectivity index (χ0n) is 17.7. The van der Waals surface area contributed by atoms with Crippen LogP contribution in [0.1, 0.15) is 5.82 Å². The Morgan fingerprint density at radius 1 is 1.09 bits per heavy atom. The molecule has 0 atom stereocenters. The van der Waals surface area contributed by atoms with E-state index in [1.165, 1.54) is 23.1 Å². The fourth-order valence-electron chi connectivity index (χ4n) is 3.31. The number of hydrogen-bond donors (Lipinski definition) is 1. The van der Waals surface area contributed by atoms with Crippen LogP contribution in [-0.4, -0.2) is 44.4 Å². The molecule has 0 amide bonds. The van der Waals surface area contributed by atoms with Gasteiger partial charge in [0.05, 0.1) is 25.5 Å². The molecule has 11 heteroatoms. The number of rotatable bonds is 7. The van der Waals surface area contributed by atoms with Crippen molar-refractivity contribution < 1.29 is 9.47 Å². The molecule has 33 heavy (non-hydrogen) atoms. The maximum Gasteiger partial charge on any atom is 0.268 e. The number of H-pyrrole nitrogens is 1. The number of methoxy groups -OCH3 is 2. The first-order chi connectivity index (χ1) is 16.2. The van der Waals surface area contributed by atoms with Crippen molar-refractivity contribution in [2.24, 2.45) is 0 Å². The van der Waals surface area contributed by atoms with Crippen molar-refractivity contribution in [1.29, 1.82) is 0 Å². The molecule has 1 N–H and O–H groups in total. The zero-order chi connectivity index (χ0) is 22.8. The first-order valence-electron chi connectivity index (χ1n) is 9.88. The number of hydrogen-bond acceptors (Lipinski definition) is 9. The summed E-state index contributed by atoms with van der Waals surface area (Å²) >= 11 is 2.79. The molecule has 0 aliphatic heterocycles. The first kappa shape index (κ1) is 21.2. The number of nitrogens with one attached hydrogen (secondary N) is 1. The number of aromatic amines is 1. The van der Waals surface area contributed by atoms with Crippen LogP contribution < -0.4 is 15.0 Å².